The van der Waals surface area contributed by atoms with Crippen LogP contribution in [0.4, 0.5) is 15.0 Å². The highest BCUT2D eigenvalue weighted by atomic mass is 19.1. The van der Waals surface area contributed by atoms with Crippen molar-refractivity contribution in [2.75, 3.05) is 18.0 Å². The fourth-order valence-electron chi connectivity index (χ4n) is 4.03. The number of hydrogen-bond donors (Lipinski definition) is 2. The minimum atomic E-state index is -1.57. The van der Waals surface area contributed by atoms with Gasteiger partial charge in [-0.25, -0.2) is 14.2 Å². The second-order valence-corrected chi connectivity index (χ2v) is 7.14. The predicted molar refractivity (Wildman–Crippen MR) is 90.4 cm³/mol. The Morgan fingerprint density at radius 2 is 2.19 bits per heavy atom. The Morgan fingerprint density at radius 3 is 2.81 bits per heavy atom. The third-order valence-corrected chi connectivity index (χ3v) is 5.37. The number of piperazine rings is 1. The summed E-state index contributed by atoms with van der Waals surface area (Å²) < 4.78 is 21.1. The number of rotatable bonds is 3. The average molecular weight is 360 g/mol. The Hall–Kier alpha value is -2.68. The van der Waals surface area contributed by atoms with Crippen molar-refractivity contribution in [1.82, 2.24) is 14.9 Å². The number of anilines is 1. The van der Waals surface area contributed by atoms with Gasteiger partial charge in [-0.1, -0.05) is 0 Å². The molecule has 0 aromatic carbocycles. The molecular weight excluding hydrogens is 343 g/mol. The molecule has 2 unspecified atom stereocenters. The van der Waals surface area contributed by atoms with Crippen LogP contribution >= 0.6 is 0 Å². The van der Waals surface area contributed by atoms with Crippen LogP contribution in [0.25, 0.3) is 11.0 Å². The number of halogens is 1. The van der Waals surface area contributed by atoms with Crippen LogP contribution in [0.3, 0.4) is 0 Å². The maximum Gasteiger partial charge on any atom is 0.511 e. The van der Waals surface area contributed by atoms with Crippen molar-refractivity contribution in [1.29, 1.82) is 0 Å². The summed E-state index contributed by atoms with van der Waals surface area (Å²) in [6.45, 7) is 1.48. The number of carbonyl (C=O) groups is 1. The molecule has 9 heteroatoms. The number of nitrogens with zero attached hydrogens (tertiary/aromatic N) is 3. The monoisotopic (exact) mass is 360 g/mol. The van der Waals surface area contributed by atoms with E-state index in [1.54, 1.807) is 4.57 Å². The summed E-state index contributed by atoms with van der Waals surface area (Å²) >= 11 is 0. The van der Waals surface area contributed by atoms with Crippen LogP contribution in [0, 0.1) is 5.82 Å². The largest absolute Gasteiger partial charge is 0.511 e. The van der Waals surface area contributed by atoms with E-state index < -0.39 is 17.4 Å². The van der Waals surface area contributed by atoms with Crippen LogP contribution in [-0.4, -0.2) is 46.0 Å². The number of nitrogens with one attached hydrogen (secondary N) is 1. The third-order valence-electron chi connectivity index (χ3n) is 5.37. The van der Waals surface area contributed by atoms with Crippen molar-refractivity contribution in [3.05, 3.63) is 28.3 Å². The lowest BCUT2D eigenvalue weighted by Gasteiger charge is -2.29. The zero-order valence-corrected chi connectivity index (χ0v) is 13.8. The van der Waals surface area contributed by atoms with Gasteiger partial charge in [0.1, 0.15) is 5.65 Å². The van der Waals surface area contributed by atoms with E-state index in [4.69, 9.17) is 5.11 Å². The molecule has 0 amide bonds. The number of hydrogen-bond acceptors (Lipinski definition) is 6. The smallest absolute Gasteiger partial charge is 0.449 e. The molecule has 2 aromatic heterocycles. The first kappa shape index (κ1) is 15.6. The van der Waals surface area contributed by atoms with Crippen LogP contribution in [0.1, 0.15) is 25.3 Å². The molecule has 2 saturated heterocycles. The molecule has 2 atom stereocenters. The molecule has 2 bridgehead atoms. The van der Waals surface area contributed by atoms with Crippen molar-refractivity contribution < 1.29 is 19.0 Å². The van der Waals surface area contributed by atoms with Crippen molar-refractivity contribution in [3.63, 3.8) is 0 Å². The van der Waals surface area contributed by atoms with Gasteiger partial charge in [0.15, 0.2) is 17.4 Å². The van der Waals surface area contributed by atoms with E-state index in [1.807, 2.05) is 4.90 Å². The van der Waals surface area contributed by atoms with E-state index in [2.05, 4.69) is 15.0 Å². The molecule has 5 rings (SSSR count). The number of aromatic nitrogens is 2. The maximum absolute atomic E-state index is 14.8. The lowest BCUT2D eigenvalue weighted by molar-refractivity contribution is 0.143. The number of pyridine rings is 2. The van der Waals surface area contributed by atoms with E-state index >= 15 is 0 Å². The van der Waals surface area contributed by atoms with Gasteiger partial charge in [0.25, 0.3) is 0 Å². The third kappa shape index (κ3) is 2.34. The second-order valence-electron chi connectivity index (χ2n) is 7.14. The zero-order valence-electron chi connectivity index (χ0n) is 13.8. The summed E-state index contributed by atoms with van der Waals surface area (Å²) in [6, 6.07) is 1.83. The molecule has 1 aliphatic carbocycles. The zero-order chi connectivity index (χ0) is 18.0. The maximum atomic E-state index is 14.8. The molecule has 26 heavy (non-hydrogen) atoms. The molecular formula is C17H17FN4O4. The standard InChI is InChI=1S/C17H17FN4O4/c18-12-4-11-14(23)13(26-17(24)25)7-22(9-1-2-9)15(11)20-16(12)21-6-8-3-10(21)5-19-8/h4,7-10,19H,1-3,5-6H2,(H,24,25). The van der Waals surface area contributed by atoms with Crippen molar-refractivity contribution in [3.8, 4) is 5.75 Å². The van der Waals surface area contributed by atoms with E-state index in [-0.39, 0.29) is 29.0 Å². The Labute approximate surface area is 147 Å². The fraction of sp³-hybridized carbons (Fsp3) is 0.471. The topological polar surface area (TPSA) is 96.7 Å². The molecule has 8 nitrogen and oxygen atoms in total. The molecule has 0 radical (unpaired) electrons. The molecule has 2 aliphatic heterocycles. The van der Waals surface area contributed by atoms with E-state index in [0.717, 1.165) is 31.9 Å². The fourth-order valence-corrected chi connectivity index (χ4v) is 4.03. The molecule has 1 saturated carbocycles. The number of fused-ring (bicyclic) bond motifs is 3. The average Bonchev–Trinajstić information content (AvgIpc) is 3.23. The van der Waals surface area contributed by atoms with Crippen molar-refractivity contribution in [2.24, 2.45) is 0 Å². The second kappa shape index (κ2) is 5.41. The van der Waals surface area contributed by atoms with Crippen LogP contribution in [0.15, 0.2) is 17.1 Å². The van der Waals surface area contributed by atoms with Crippen LogP contribution in [-0.2, 0) is 0 Å². The number of carboxylic acid groups (broad SMARTS) is 1. The van der Waals surface area contributed by atoms with Crippen molar-refractivity contribution >= 4 is 23.0 Å². The predicted octanol–water partition coefficient (Wildman–Crippen LogP) is 1.48. The molecule has 2 aromatic rings. The summed E-state index contributed by atoms with van der Waals surface area (Å²) in [6.07, 6.45) is 2.56. The highest BCUT2D eigenvalue weighted by Gasteiger charge is 2.39. The van der Waals surface area contributed by atoms with Gasteiger partial charge in [-0.3, -0.25) is 4.79 Å². The van der Waals surface area contributed by atoms with E-state index in [9.17, 15) is 14.0 Å². The summed E-state index contributed by atoms with van der Waals surface area (Å²) in [5.41, 5.74) is -0.288. The first-order valence-electron chi connectivity index (χ1n) is 8.67. The van der Waals surface area contributed by atoms with Gasteiger partial charge in [-0.15, -0.1) is 0 Å². The molecule has 136 valence electrons. The van der Waals surface area contributed by atoms with Gasteiger partial charge in [-0.05, 0) is 25.3 Å². The highest BCUT2D eigenvalue weighted by molar-refractivity contribution is 5.80. The Balaban J connectivity index is 1.69. The Bertz CT molecular complexity index is 987. The normalized spacial score (nSPS) is 24.4. The van der Waals surface area contributed by atoms with Gasteiger partial charge in [0.2, 0.25) is 5.43 Å². The van der Waals surface area contributed by atoms with Gasteiger partial charge in [0.05, 0.1) is 11.6 Å². The minimum Gasteiger partial charge on any atom is -0.449 e. The van der Waals surface area contributed by atoms with Crippen LogP contribution in [0.2, 0.25) is 0 Å². The Morgan fingerprint density at radius 1 is 1.38 bits per heavy atom. The van der Waals surface area contributed by atoms with Gasteiger partial charge < -0.3 is 24.6 Å². The lowest BCUT2D eigenvalue weighted by Crippen LogP contribution is -2.44. The van der Waals surface area contributed by atoms with Gasteiger partial charge >= 0.3 is 6.16 Å². The first-order valence-corrected chi connectivity index (χ1v) is 8.67. The summed E-state index contributed by atoms with van der Waals surface area (Å²) in [7, 11) is 0. The summed E-state index contributed by atoms with van der Waals surface area (Å²) in [5.74, 6) is -0.639. The lowest BCUT2D eigenvalue weighted by atomic mass is 10.2. The molecule has 2 N–H and O–H groups in total. The molecule has 0 spiro atoms. The van der Waals surface area contributed by atoms with Gasteiger partial charge in [-0.2, -0.15) is 0 Å². The van der Waals surface area contributed by atoms with E-state index in [1.165, 1.54) is 6.20 Å². The SMILES string of the molecule is O=C(O)Oc1cn(C2CC2)c2nc(N3CC4CC3CN4)c(F)cc2c1=O. The van der Waals surface area contributed by atoms with Crippen LogP contribution < -0.4 is 20.4 Å². The quantitative estimate of drug-likeness (QED) is 0.800. The Kier molecular flexibility index (Phi) is 3.24. The first-order chi connectivity index (χ1) is 12.5. The van der Waals surface area contributed by atoms with Crippen LogP contribution in [0.5, 0.6) is 5.75 Å². The summed E-state index contributed by atoms with van der Waals surface area (Å²) in [4.78, 5) is 29.8. The molecule has 3 fully saturated rings. The minimum absolute atomic E-state index is 0.0411. The molecule has 3 aliphatic rings. The summed E-state index contributed by atoms with van der Waals surface area (Å²) in [5, 5.41) is 12.2. The van der Waals surface area contributed by atoms with Crippen molar-refractivity contribution in [2.45, 2.75) is 37.4 Å². The highest BCUT2D eigenvalue weighted by Crippen LogP contribution is 2.38. The van der Waals surface area contributed by atoms with Gasteiger partial charge in [0, 0.05) is 31.2 Å². The van der Waals surface area contributed by atoms with E-state index in [0.29, 0.717) is 18.2 Å². The molecule has 4 heterocycles. The number of ether oxygens (including phenoxy) is 1.